The van der Waals surface area contributed by atoms with E-state index in [9.17, 15) is 15.3 Å². The fourth-order valence-corrected chi connectivity index (χ4v) is 3.97. The second kappa shape index (κ2) is 8.16. The zero-order valence-electron chi connectivity index (χ0n) is 17.3. The molecule has 32 heavy (non-hydrogen) atoms. The highest BCUT2D eigenvalue weighted by atomic mass is 16.5. The molecular formula is C28H22O4. The average Bonchev–Trinajstić information content (AvgIpc) is 2.79. The average molecular weight is 422 g/mol. The van der Waals surface area contributed by atoms with Crippen LogP contribution < -0.4 is 4.74 Å². The Hall–Kier alpha value is -4.18. The van der Waals surface area contributed by atoms with Gasteiger partial charge in [-0.05, 0) is 89.7 Å². The van der Waals surface area contributed by atoms with Crippen molar-refractivity contribution in [1.29, 1.82) is 0 Å². The Balaban J connectivity index is 1.67. The van der Waals surface area contributed by atoms with E-state index in [4.69, 9.17) is 4.74 Å². The first-order chi connectivity index (χ1) is 15.5. The van der Waals surface area contributed by atoms with Crippen molar-refractivity contribution in [3.8, 4) is 39.9 Å². The van der Waals surface area contributed by atoms with Crippen molar-refractivity contribution >= 4 is 12.2 Å². The first-order valence-electron chi connectivity index (χ1n) is 10.5. The minimum Gasteiger partial charge on any atom is -0.508 e. The number of hydrogen-bond donors (Lipinski definition) is 3. The smallest absolute Gasteiger partial charge is 0.130 e. The summed E-state index contributed by atoms with van der Waals surface area (Å²) in [5.41, 5.74) is 4.92. The van der Waals surface area contributed by atoms with Gasteiger partial charge in [0.15, 0.2) is 0 Å². The summed E-state index contributed by atoms with van der Waals surface area (Å²) >= 11 is 0. The Bertz CT molecular complexity index is 1340. The molecule has 4 aromatic rings. The largest absolute Gasteiger partial charge is 0.508 e. The van der Waals surface area contributed by atoms with Gasteiger partial charge in [0.05, 0.1) is 0 Å². The van der Waals surface area contributed by atoms with Crippen molar-refractivity contribution in [2.45, 2.75) is 12.8 Å². The molecule has 158 valence electrons. The third-order valence-electron chi connectivity index (χ3n) is 5.65. The van der Waals surface area contributed by atoms with Crippen LogP contribution in [0.15, 0.2) is 78.9 Å². The first kappa shape index (κ1) is 19.8. The highest BCUT2D eigenvalue weighted by Crippen LogP contribution is 2.38. The van der Waals surface area contributed by atoms with Crippen LogP contribution in [0.1, 0.15) is 22.3 Å². The molecule has 6 bridgehead atoms. The van der Waals surface area contributed by atoms with Gasteiger partial charge in [0.1, 0.15) is 28.7 Å². The Morgan fingerprint density at radius 1 is 0.625 bits per heavy atom. The van der Waals surface area contributed by atoms with Crippen LogP contribution in [0, 0.1) is 0 Å². The fraction of sp³-hybridized carbons (Fsp3) is 0.0714. The van der Waals surface area contributed by atoms with Crippen LogP contribution in [0.5, 0.6) is 28.7 Å². The van der Waals surface area contributed by atoms with Gasteiger partial charge in [-0.2, -0.15) is 0 Å². The molecule has 0 fully saturated rings. The molecule has 0 radical (unpaired) electrons. The number of aromatic hydroxyl groups is 3. The molecule has 0 unspecified atom stereocenters. The molecule has 0 amide bonds. The number of benzene rings is 4. The van der Waals surface area contributed by atoms with Crippen LogP contribution in [0.4, 0.5) is 0 Å². The van der Waals surface area contributed by atoms with Crippen molar-refractivity contribution in [2.75, 3.05) is 0 Å². The molecule has 0 aliphatic carbocycles. The number of rotatable bonds is 0. The summed E-state index contributed by atoms with van der Waals surface area (Å²) in [4.78, 5) is 0. The van der Waals surface area contributed by atoms with Crippen molar-refractivity contribution in [2.24, 2.45) is 0 Å². The summed E-state index contributed by atoms with van der Waals surface area (Å²) < 4.78 is 6.17. The van der Waals surface area contributed by atoms with Crippen LogP contribution in [-0.2, 0) is 12.8 Å². The van der Waals surface area contributed by atoms with E-state index in [1.165, 1.54) is 0 Å². The first-order valence-corrected chi connectivity index (χ1v) is 10.5. The summed E-state index contributed by atoms with van der Waals surface area (Å²) in [5.74, 6) is 1.82. The zero-order valence-corrected chi connectivity index (χ0v) is 17.3. The Kier molecular flexibility index (Phi) is 5.04. The van der Waals surface area contributed by atoms with Gasteiger partial charge in [0, 0.05) is 11.1 Å². The van der Waals surface area contributed by atoms with Crippen LogP contribution in [0.25, 0.3) is 23.3 Å². The maximum Gasteiger partial charge on any atom is 0.130 e. The number of hydrogen-bond acceptors (Lipinski definition) is 4. The number of phenolic OH excluding ortho intramolecular Hbond substituents is 3. The van der Waals surface area contributed by atoms with Crippen LogP contribution in [-0.4, -0.2) is 15.3 Å². The van der Waals surface area contributed by atoms with Crippen LogP contribution in [0.2, 0.25) is 0 Å². The third-order valence-corrected chi connectivity index (χ3v) is 5.65. The van der Waals surface area contributed by atoms with E-state index in [-0.39, 0.29) is 17.2 Å². The molecule has 1 aliphatic rings. The molecular weight excluding hydrogens is 400 g/mol. The second-order valence-corrected chi connectivity index (χ2v) is 7.93. The topological polar surface area (TPSA) is 69.9 Å². The molecule has 1 heterocycles. The van der Waals surface area contributed by atoms with Gasteiger partial charge in [-0.3, -0.25) is 0 Å². The van der Waals surface area contributed by atoms with E-state index >= 15 is 0 Å². The fourth-order valence-electron chi connectivity index (χ4n) is 3.97. The lowest BCUT2D eigenvalue weighted by Gasteiger charge is -2.14. The minimum absolute atomic E-state index is 0.111. The van der Waals surface area contributed by atoms with E-state index in [2.05, 4.69) is 0 Å². The summed E-state index contributed by atoms with van der Waals surface area (Å²) in [6, 6.07) is 23.7. The lowest BCUT2D eigenvalue weighted by Crippen LogP contribution is -1.96. The lowest BCUT2D eigenvalue weighted by molar-refractivity contribution is 0.459. The summed E-state index contributed by atoms with van der Waals surface area (Å²) in [6.07, 6.45) is 5.25. The summed E-state index contributed by atoms with van der Waals surface area (Å²) in [7, 11) is 0. The molecule has 3 N–H and O–H groups in total. The van der Waals surface area contributed by atoms with Gasteiger partial charge in [-0.15, -0.1) is 0 Å². The number of fused-ring (bicyclic) bond motifs is 8. The number of phenols is 3. The molecule has 0 aromatic heterocycles. The van der Waals surface area contributed by atoms with Gasteiger partial charge in [-0.1, -0.05) is 36.4 Å². The van der Waals surface area contributed by atoms with E-state index in [0.717, 1.165) is 22.3 Å². The maximum absolute atomic E-state index is 10.5. The van der Waals surface area contributed by atoms with Crippen LogP contribution >= 0.6 is 0 Å². The molecule has 0 saturated carbocycles. The van der Waals surface area contributed by atoms with Crippen LogP contribution in [0.3, 0.4) is 0 Å². The summed E-state index contributed by atoms with van der Waals surface area (Å²) in [6.45, 7) is 0. The predicted molar refractivity (Wildman–Crippen MR) is 126 cm³/mol. The van der Waals surface area contributed by atoms with Gasteiger partial charge in [0.25, 0.3) is 0 Å². The molecule has 4 heteroatoms. The van der Waals surface area contributed by atoms with E-state index in [1.54, 1.807) is 30.3 Å². The molecule has 4 nitrogen and oxygen atoms in total. The Morgan fingerprint density at radius 2 is 1.38 bits per heavy atom. The zero-order chi connectivity index (χ0) is 22.1. The second-order valence-electron chi connectivity index (χ2n) is 7.93. The molecule has 4 aromatic carbocycles. The predicted octanol–water partition coefficient (Wildman–Crippen LogP) is 6.53. The maximum atomic E-state index is 10.5. The Labute approximate surface area is 186 Å². The quantitative estimate of drug-likeness (QED) is 0.301. The van der Waals surface area contributed by atoms with Crippen molar-refractivity contribution in [1.82, 2.24) is 0 Å². The molecule has 0 atom stereocenters. The van der Waals surface area contributed by atoms with Gasteiger partial charge >= 0.3 is 0 Å². The Morgan fingerprint density at radius 3 is 2.22 bits per heavy atom. The van der Waals surface area contributed by atoms with Crippen molar-refractivity contribution in [3.05, 3.63) is 101 Å². The standard InChI is InChI=1S/C28H22O4/c29-22-10-13-28-21(17-22)9-6-20-8-12-27(31)25(16-20)24-15-19(7-11-26(24)30)5-4-18-2-1-3-23(14-18)32-28/h1-5,7-8,10-17,29-31H,6,9H2/b5-4+. The van der Waals surface area contributed by atoms with Crippen molar-refractivity contribution in [3.63, 3.8) is 0 Å². The molecule has 0 saturated heterocycles. The van der Waals surface area contributed by atoms with Gasteiger partial charge < -0.3 is 20.1 Å². The van der Waals surface area contributed by atoms with Gasteiger partial charge in [0.2, 0.25) is 0 Å². The molecule has 0 spiro atoms. The highest BCUT2D eigenvalue weighted by Gasteiger charge is 2.13. The summed E-state index contributed by atoms with van der Waals surface area (Å²) in [5, 5.41) is 31.0. The molecule has 1 aliphatic heterocycles. The monoisotopic (exact) mass is 422 g/mol. The normalized spacial score (nSPS) is 13.6. The van der Waals surface area contributed by atoms with E-state index in [1.807, 2.05) is 60.7 Å². The SMILES string of the molecule is Oc1ccc2c(c1)CCc1ccc(O)c(c1)-c1cc(ccc1O)/C=C/c1cccc(c1)O2. The van der Waals surface area contributed by atoms with Crippen molar-refractivity contribution < 1.29 is 20.1 Å². The molecule has 5 rings (SSSR count). The minimum atomic E-state index is 0.111. The number of aryl methyl sites for hydroxylation is 2. The third kappa shape index (κ3) is 4.03. The van der Waals surface area contributed by atoms with Gasteiger partial charge in [-0.25, -0.2) is 0 Å². The lowest BCUT2D eigenvalue weighted by atomic mass is 9.96. The van der Waals surface area contributed by atoms with E-state index < -0.39 is 0 Å². The number of ether oxygens (including phenoxy) is 1. The van der Waals surface area contributed by atoms with E-state index in [0.29, 0.717) is 35.5 Å². The highest BCUT2D eigenvalue weighted by molar-refractivity contribution is 5.80.